The maximum Gasteiger partial charge on any atom is 0.231 e. The Balaban J connectivity index is 2.12. The molecule has 1 aliphatic rings. The number of amides is 1. The number of aromatic nitrogens is 2. The van der Waals surface area contributed by atoms with Gasteiger partial charge in [-0.3, -0.25) is 4.79 Å². The fourth-order valence-electron chi connectivity index (χ4n) is 2.49. The maximum atomic E-state index is 12.1. The van der Waals surface area contributed by atoms with Gasteiger partial charge in [-0.2, -0.15) is 5.10 Å². The van der Waals surface area contributed by atoms with Crippen molar-refractivity contribution in [3.63, 3.8) is 0 Å². The van der Waals surface area contributed by atoms with E-state index in [4.69, 9.17) is 4.74 Å². The average Bonchev–Trinajstić information content (AvgIpc) is 3.01. The third-order valence-electron chi connectivity index (χ3n) is 3.70. The molecule has 0 spiro atoms. The van der Waals surface area contributed by atoms with Crippen LogP contribution in [0.3, 0.4) is 0 Å². The van der Waals surface area contributed by atoms with Crippen LogP contribution in [0.5, 0.6) is 0 Å². The first-order valence-electron chi connectivity index (χ1n) is 7.10. The third-order valence-corrected chi connectivity index (χ3v) is 3.70. The molecule has 2 rings (SSSR count). The molecule has 0 saturated carbocycles. The van der Waals surface area contributed by atoms with Crippen molar-refractivity contribution in [2.45, 2.75) is 46.1 Å². The zero-order valence-corrected chi connectivity index (χ0v) is 12.0. The maximum absolute atomic E-state index is 12.1. The fourth-order valence-corrected chi connectivity index (χ4v) is 2.49. The van der Waals surface area contributed by atoms with E-state index in [9.17, 15) is 4.79 Å². The quantitative estimate of drug-likeness (QED) is 0.890. The van der Waals surface area contributed by atoms with E-state index in [0.717, 1.165) is 30.8 Å². The molecule has 0 radical (unpaired) electrons. The minimum Gasteiger partial charge on any atom is -0.381 e. The molecule has 1 aliphatic heterocycles. The molecule has 2 heterocycles. The number of hydrogen-bond acceptors (Lipinski definition) is 3. The summed E-state index contributed by atoms with van der Waals surface area (Å²) in [5.41, 5.74) is 0.935. The summed E-state index contributed by atoms with van der Waals surface area (Å²) in [7, 11) is 0. The molecule has 1 saturated heterocycles. The molecule has 0 aromatic carbocycles. The lowest BCUT2D eigenvalue weighted by molar-refractivity contribution is -0.119. The van der Waals surface area contributed by atoms with Crippen molar-refractivity contribution in [1.82, 2.24) is 9.78 Å². The van der Waals surface area contributed by atoms with E-state index in [-0.39, 0.29) is 11.8 Å². The van der Waals surface area contributed by atoms with Gasteiger partial charge in [0.2, 0.25) is 5.91 Å². The largest absolute Gasteiger partial charge is 0.381 e. The van der Waals surface area contributed by atoms with E-state index >= 15 is 0 Å². The Morgan fingerprint density at radius 1 is 1.58 bits per heavy atom. The van der Waals surface area contributed by atoms with E-state index in [2.05, 4.69) is 24.3 Å². The topological polar surface area (TPSA) is 56.2 Å². The lowest BCUT2D eigenvalue weighted by atomic mass is 10.1. The number of ether oxygens (including phenoxy) is 1. The van der Waals surface area contributed by atoms with Crippen molar-refractivity contribution in [3.8, 4) is 0 Å². The SMILES string of the molecule is CCC(CC)n1nc(C)cc1NC(=O)[C@H]1CCOC1. The van der Waals surface area contributed by atoms with Crippen LogP contribution in [0, 0.1) is 12.8 Å². The standard InChI is InChI=1S/C14H23N3O2/c1-4-12(5-2)17-13(8-10(3)16-17)15-14(18)11-6-7-19-9-11/h8,11-12H,4-7,9H2,1-3H3,(H,15,18)/t11-/m0/s1. The van der Waals surface area contributed by atoms with Gasteiger partial charge in [0.05, 0.1) is 24.3 Å². The summed E-state index contributed by atoms with van der Waals surface area (Å²) in [6.07, 6.45) is 2.82. The average molecular weight is 265 g/mol. The Labute approximate surface area is 114 Å². The third kappa shape index (κ3) is 3.15. The summed E-state index contributed by atoms with van der Waals surface area (Å²) in [5.74, 6) is 0.832. The highest BCUT2D eigenvalue weighted by Crippen LogP contribution is 2.23. The molecule has 106 valence electrons. The Kier molecular flexibility index (Phi) is 4.58. The molecular weight excluding hydrogens is 242 g/mol. The zero-order chi connectivity index (χ0) is 13.8. The second-order valence-electron chi connectivity index (χ2n) is 5.14. The van der Waals surface area contributed by atoms with Gasteiger partial charge >= 0.3 is 0 Å². The number of nitrogens with one attached hydrogen (secondary N) is 1. The number of carbonyl (C=O) groups is 1. The molecule has 0 aliphatic carbocycles. The molecule has 19 heavy (non-hydrogen) atoms. The van der Waals surface area contributed by atoms with Crippen molar-refractivity contribution in [2.75, 3.05) is 18.5 Å². The fraction of sp³-hybridized carbons (Fsp3) is 0.714. The summed E-state index contributed by atoms with van der Waals surface area (Å²) in [6.45, 7) is 7.45. The monoisotopic (exact) mass is 265 g/mol. The van der Waals surface area contributed by atoms with Crippen LogP contribution in [0.25, 0.3) is 0 Å². The van der Waals surface area contributed by atoms with Crippen LogP contribution in [-0.4, -0.2) is 28.9 Å². The van der Waals surface area contributed by atoms with Gasteiger partial charge in [0.1, 0.15) is 5.82 Å². The van der Waals surface area contributed by atoms with Gasteiger partial charge < -0.3 is 10.1 Å². The highest BCUT2D eigenvalue weighted by molar-refractivity contribution is 5.92. The molecule has 1 fully saturated rings. The molecule has 1 aromatic heterocycles. The Bertz CT molecular complexity index is 432. The van der Waals surface area contributed by atoms with Crippen LogP contribution in [-0.2, 0) is 9.53 Å². The van der Waals surface area contributed by atoms with Crippen LogP contribution in [0.15, 0.2) is 6.07 Å². The van der Waals surface area contributed by atoms with Crippen LogP contribution in [0.2, 0.25) is 0 Å². The number of carbonyl (C=O) groups excluding carboxylic acids is 1. The van der Waals surface area contributed by atoms with E-state index in [1.54, 1.807) is 0 Å². The van der Waals surface area contributed by atoms with E-state index in [0.29, 0.717) is 19.3 Å². The molecule has 1 atom stereocenters. The second-order valence-corrected chi connectivity index (χ2v) is 5.14. The zero-order valence-electron chi connectivity index (χ0n) is 12.0. The van der Waals surface area contributed by atoms with Crippen LogP contribution < -0.4 is 5.32 Å². The smallest absolute Gasteiger partial charge is 0.231 e. The molecule has 1 amide bonds. The Morgan fingerprint density at radius 3 is 2.89 bits per heavy atom. The van der Waals surface area contributed by atoms with Crippen molar-refractivity contribution in [2.24, 2.45) is 5.92 Å². The van der Waals surface area contributed by atoms with Gasteiger partial charge in [-0.1, -0.05) is 13.8 Å². The van der Waals surface area contributed by atoms with Gasteiger partial charge in [0.25, 0.3) is 0 Å². The van der Waals surface area contributed by atoms with Crippen molar-refractivity contribution in [1.29, 1.82) is 0 Å². The first-order valence-corrected chi connectivity index (χ1v) is 7.10. The molecule has 0 unspecified atom stereocenters. The first-order chi connectivity index (χ1) is 9.15. The second kappa shape index (κ2) is 6.19. The Hall–Kier alpha value is -1.36. The van der Waals surface area contributed by atoms with E-state index in [1.165, 1.54) is 0 Å². The van der Waals surface area contributed by atoms with Crippen LogP contribution >= 0.6 is 0 Å². The normalized spacial score (nSPS) is 19.1. The lowest BCUT2D eigenvalue weighted by Crippen LogP contribution is -2.25. The summed E-state index contributed by atoms with van der Waals surface area (Å²) < 4.78 is 7.21. The van der Waals surface area contributed by atoms with E-state index in [1.807, 2.05) is 17.7 Å². The molecule has 1 aromatic rings. The summed E-state index contributed by atoms with van der Waals surface area (Å²) >= 11 is 0. The molecule has 0 bridgehead atoms. The van der Waals surface area contributed by atoms with Crippen molar-refractivity contribution < 1.29 is 9.53 Å². The number of aryl methyl sites for hydroxylation is 1. The first kappa shape index (κ1) is 14.1. The van der Waals surface area contributed by atoms with Crippen LogP contribution in [0.1, 0.15) is 44.8 Å². The predicted octanol–water partition coefficient (Wildman–Crippen LogP) is 2.53. The Morgan fingerprint density at radius 2 is 2.32 bits per heavy atom. The van der Waals surface area contributed by atoms with Gasteiger partial charge in [-0.25, -0.2) is 4.68 Å². The van der Waals surface area contributed by atoms with Gasteiger partial charge in [0, 0.05) is 12.7 Å². The molecule has 1 N–H and O–H groups in total. The van der Waals surface area contributed by atoms with Gasteiger partial charge in [0.15, 0.2) is 0 Å². The summed E-state index contributed by atoms with van der Waals surface area (Å²) in [5, 5.41) is 7.51. The molecular formula is C14H23N3O2. The number of nitrogens with zero attached hydrogens (tertiary/aromatic N) is 2. The molecule has 5 heteroatoms. The van der Waals surface area contributed by atoms with Crippen molar-refractivity contribution >= 4 is 11.7 Å². The summed E-state index contributed by atoms with van der Waals surface area (Å²) in [6, 6.07) is 2.27. The van der Waals surface area contributed by atoms with Gasteiger partial charge in [-0.05, 0) is 26.2 Å². The number of rotatable bonds is 5. The molecule has 5 nitrogen and oxygen atoms in total. The van der Waals surface area contributed by atoms with E-state index < -0.39 is 0 Å². The van der Waals surface area contributed by atoms with Crippen LogP contribution in [0.4, 0.5) is 5.82 Å². The highest BCUT2D eigenvalue weighted by Gasteiger charge is 2.25. The highest BCUT2D eigenvalue weighted by atomic mass is 16.5. The summed E-state index contributed by atoms with van der Waals surface area (Å²) in [4.78, 5) is 12.1. The minimum atomic E-state index is -0.0228. The number of anilines is 1. The van der Waals surface area contributed by atoms with Gasteiger partial charge in [-0.15, -0.1) is 0 Å². The lowest BCUT2D eigenvalue weighted by Gasteiger charge is -2.17. The van der Waals surface area contributed by atoms with Crippen molar-refractivity contribution in [3.05, 3.63) is 11.8 Å². The predicted molar refractivity (Wildman–Crippen MR) is 74.1 cm³/mol. The minimum absolute atomic E-state index is 0.0228. The number of hydrogen-bond donors (Lipinski definition) is 1.